The van der Waals surface area contributed by atoms with Gasteiger partial charge in [-0.25, -0.2) is 4.79 Å². The second-order valence-electron chi connectivity index (χ2n) is 4.37. The third-order valence-electron chi connectivity index (χ3n) is 3.32. The van der Waals surface area contributed by atoms with E-state index in [0.717, 1.165) is 39.0 Å². The van der Waals surface area contributed by atoms with Crippen molar-refractivity contribution in [2.75, 3.05) is 33.2 Å². The number of ether oxygens (including phenoxy) is 1. The molecule has 0 aromatic rings. The van der Waals surface area contributed by atoms with Gasteiger partial charge in [0.05, 0.1) is 6.54 Å². The Balaban J connectivity index is 2.02. The fourth-order valence-electron chi connectivity index (χ4n) is 2.22. The van der Waals surface area contributed by atoms with E-state index in [4.69, 9.17) is 4.74 Å². The van der Waals surface area contributed by atoms with Crippen LogP contribution < -0.4 is 0 Å². The molecule has 0 aromatic heterocycles. The van der Waals surface area contributed by atoms with Crippen molar-refractivity contribution in [3.8, 4) is 0 Å². The number of hydrogen-bond acceptors (Lipinski definition) is 3. The maximum absolute atomic E-state index is 11.5. The molecule has 1 amide bonds. The zero-order valence-corrected chi connectivity index (χ0v) is 8.95. The molecular weight excluding hydrogens is 180 g/mol. The number of rotatable bonds is 1. The van der Waals surface area contributed by atoms with E-state index in [0.29, 0.717) is 0 Å². The first-order valence-corrected chi connectivity index (χ1v) is 5.32. The molecule has 2 aliphatic heterocycles. The first-order chi connectivity index (χ1) is 6.65. The minimum Gasteiger partial charge on any atom is -0.441 e. The summed E-state index contributed by atoms with van der Waals surface area (Å²) in [6, 6.07) is 0. The summed E-state index contributed by atoms with van der Waals surface area (Å²) in [5, 5.41) is 0. The fraction of sp³-hybridized carbons (Fsp3) is 0.900. The van der Waals surface area contributed by atoms with Crippen molar-refractivity contribution < 1.29 is 9.53 Å². The molecule has 0 aliphatic carbocycles. The monoisotopic (exact) mass is 198 g/mol. The number of carbonyl (C=O) groups is 1. The van der Waals surface area contributed by atoms with Crippen LogP contribution in [-0.4, -0.2) is 54.7 Å². The molecule has 0 bridgehead atoms. The molecule has 4 heteroatoms. The van der Waals surface area contributed by atoms with Crippen LogP contribution in [0.1, 0.15) is 19.8 Å². The van der Waals surface area contributed by atoms with Gasteiger partial charge in [-0.15, -0.1) is 0 Å². The second-order valence-corrected chi connectivity index (χ2v) is 4.37. The third kappa shape index (κ3) is 1.59. The van der Waals surface area contributed by atoms with Crippen LogP contribution >= 0.6 is 0 Å². The van der Waals surface area contributed by atoms with Gasteiger partial charge in [-0.1, -0.05) is 0 Å². The first kappa shape index (κ1) is 9.77. The molecule has 0 unspecified atom stereocenters. The molecule has 2 saturated heterocycles. The van der Waals surface area contributed by atoms with E-state index >= 15 is 0 Å². The van der Waals surface area contributed by atoms with Crippen LogP contribution in [0, 0.1) is 0 Å². The van der Waals surface area contributed by atoms with Crippen molar-refractivity contribution in [3.63, 3.8) is 0 Å². The average Bonchev–Trinajstić information content (AvgIpc) is 2.49. The third-order valence-corrected chi connectivity index (χ3v) is 3.32. The summed E-state index contributed by atoms with van der Waals surface area (Å²) in [7, 11) is 2.11. The smallest absolute Gasteiger partial charge is 0.410 e. The van der Waals surface area contributed by atoms with Gasteiger partial charge >= 0.3 is 6.09 Å². The Hall–Kier alpha value is -0.770. The SMILES string of the molecule is CCN1CC2(CCN(C)CC2)OC1=O. The van der Waals surface area contributed by atoms with Crippen molar-refractivity contribution in [3.05, 3.63) is 0 Å². The highest BCUT2D eigenvalue weighted by atomic mass is 16.6. The van der Waals surface area contributed by atoms with Crippen molar-refractivity contribution >= 4 is 6.09 Å². The number of hydrogen-bond donors (Lipinski definition) is 0. The molecule has 2 rings (SSSR count). The first-order valence-electron chi connectivity index (χ1n) is 5.32. The van der Waals surface area contributed by atoms with Crippen molar-refractivity contribution in [1.29, 1.82) is 0 Å². The fourth-order valence-corrected chi connectivity index (χ4v) is 2.22. The predicted molar refractivity (Wildman–Crippen MR) is 53.2 cm³/mol. The van der Waals surface area contributed by atoms with E-state index in [2.05, 4.69) is 11.9 Å². The summed E-state index contributed by atoms with van der Waals surface area (Å²) < 4.78 is 5.50. The lowest BCUT2D eigenvalue weighted by Crippen LogP contribution is -2.45. The summed E-state index contributed by atoms with van der Waals surface area (Å²) in [6.07, 6.45) is 1.83. The van der Waals surface area contributed by atoms with Crippen LogP contribution in [0.3, 0.4) is 0 Å². The number of piperidine rings is 1. The molecule has 4 nitrogen and oxygen atoms in total. The molecule has 0 radical (unpaired) electrons. The van der Waals surface area contributed by atoms with Gasteiger partial charge in [0.25, 0.3) is 0 Å². The van der Waals surface area contributed by atoms with Crippen molar-refractivity contribution in [2.45, 2.75) is 25.4 Å². The van der Waals surface area contributed by atoms with Crippen LogP contribution in [0.25, 0.3) is 0 Å². The Morgan fingerprint density at radius 2 is 2.07 bits per heavy atom. The molecular formula is C10H18N2O2. The van der Waals surface area contributed by atoms with Crippen molar-refractivity contribution in [2.24, 2.45) is 0 Å². The summed E-state index contributed by atoms with van der Waals surface area (Å²) in [6.45, 7) is 5.61. The Morgan fingerprint density at radius 1 is 1.43 bits per heavy atom. The van der Waals surface area contributed by atoms with Crippen LogP contribution in [0.4, 0.5) is 4.79 Å². The minimum absolute atomic E-state index is 0.128. The summed E-state index contributed by atoms with van der Waals surface area (Å²) >= 11 is 0. The number of amides is 1. The number of likely N-dealkylation sites (tertiary alicyclic amines) is 1. The van der Waals surface area contributed by atoms with E-state index < -0.39 is 0 Å². The van der Waals surface area contributed by atoms with Crippen LogP contribution in [0.15, 0.2) is 0 Å². The maximum Gasteiger partial charge on any atom is 0.410 e. The van der Waals surface area contributed by atoms with Gasteiger partial charge in [0.15, 0.2) is 0 Å². The van der Waals surface area contributed by atoms with Crippen LogP contribution in [0.2, 0.25) is 0 Å². The second kappa shape index (κ2) is 3.42. The van der Waals surface area contributed by atoms with Crippen molar-refractivity contribution in [1.82, 2.24) is 9.80 Å². The van der Waals surface area contributed by atoms with Gasteiger partial charge in [0, 0.05) is 32.5 Å². The Labute approximate surface area is 84.8 Å². The van der Waals surface area contributed by atoms with E-state index in [1.165, 1.54) is 0 Å². The van der Waals surface area contributed by atoms with Crippen LogP contribution in [0.5, 0.6) is 0 Å². The van der Waals surface area contributed by atoms with Gasteiger partial charge in [0.1, 0.15) is 5.60 Å². The molecule has 1 spiro atoms. The molecule has 0 atom stereocenters. The number of likely N-dealkylation sites (N-methyl/N-ethyl adjacent to an activating group) is 1. The van der Waals surface area contributed by atoms with Crippen LogP contribution in [-0.2, 0) is 4.74 Å². The minimum atomic E-state index is -0.167. The zero-order chi connectivity index (χ0) is 10.2. The van der Waals surface area contributed by atoms with E-state index in [1.807, 2.05) is 6.92 Å². The molecule has 14 heavy (non-hydrogen) atoms. The summed E-state index contributed by atoms with van der Waals surface area (Å²) in [5.41, 5.74) is -0.167. The summed E-state index contributed by atoms with van der Waals surface area (Å²) in [5.74, 6) is 0. The molecule has 0 saturated carbocycles. The lowest BCUT2D eigenvalue weighted by molar-refractivity contribution is 0.00659. The van der Waals surface area contributed by atoms with Gasteiger partial charge in [-0.05, 0) is 14.0 Å². The Bertz CT molecular complexity index is 234. The molecule has 80 valence electrons. The lowest BCUT2D eigenvalue weighted by Gasteiger charge is -2.35. The highest BCUT2D eigenvalue weighted by molar-refractivity contribution is 5.70. The molecule has 2 fully saturated rings. The maximum atomic E-state index is 11.5. The average molecular weight is 198 g/mol. The Morgan fingerprint density at radius 3 is 2.57 bits per heavy atom. The largest absolute Gasteiger partial charge is 0.441 e. The standard InChI is InChI=1S/C10H18N2O2/c1-3-12-8-10(14-9(12)13)4-6-11(2)7-5-10/h3-8H2,1-2H3. The Kier molecular flexibility index (Phi) is 2.39. The van der Waals surface area contributed by atoms with Gasteiger partial charge in [-0.3, -0.25) is 0 Å². The molecule has 0 N–H and O–H groups in total. The number of nitrogens with zero attached hydrogens (tertiary/aromatic N) is 2. The normalized spacial score (nSPS) is 27.0. The quantitative estimate of drug-likeness (QED) is 0.628. The van der Waals surface area contributed by atoms with Gasteiger partial charge < -0.3 is 14.5 Å². The van der Waals surface area contributed by atoms with E-state index in [9.17, 15) is 4.79 Å². The van der Waals surface area contributed by atoms with E-state index in [-0.39, 0.29) is 11.7 Å². The summed E-state index contributed by atoms with van der Waals surface area (Å²) in [4.78, 5) is 15.5. The predicted octanol–water partition coefficient (Wildman–Crippen LogP) is 0.923. The molecule has 0 aromatic carbocycles. The molecule has 2 heterocycles. The van der Waals surface area contributed by atoms with Gasteiger partial charge in [0.2, 0.25) is 0 Å². The number of carbonyl (C=O) groups excluding carboxylic acids is 1. The van der Waals surface area contributed by atoms with Gasteiger partial charge in [-0.2, -0.15) is 0 Å². The lowest BCUT2D eigenvalue weighted by atomic mass is 9.92. The zero-order valence-electron chi connectivity index (χ0n) is 8.95. The topological polar surface area (TPSA) is 32.8 Å². The highest BCUT2D eigenvalue weighted by Gasteiger charge is 2.45. The van der Waals surface area contributed by atoms with E-state index in [1.54, 1.807) is 4.90 Å². The highest BCUT2D eigenvalue weighted by Crippen LogP contribution is 2.32. The molecule has 2 aliphatic rings.